The van der Waals surface area contributed by atoms with Crippen molar-refractivity contribution in [2.45, 2.75) is 102 Å². The summed E-state index contributed by atoms with van der Waals surface area (Å²) in [5.74, 6) is 0.132. The Morgan fingerprint density at radius 3 is 2.35 bits per heavy atom. The van der Waals surface area contributed by atoms with Crippen LogP contribution in [0.3, 0.4) is 0 Å². The number of rotatable bonds is 14. The number of urea groups is 1. The summed E-state index contributed by atoms with van der Waals surface area (Å²) in [6, 6.07) is 8.79. The number of halogens is 6. The maximum atomic E-state index is 13.5. The Hall–Kier alpha value is -3.84. The zero-order valence-corrected chi connectivity index (χ0v) is 27.9. The molecule has 1 heterocycles. The number of hydrogen-bond donors (Lipinski definition) is 2. The molecule has 2 aliphatic rings. The van der Waals surface area contributed by atoms with Gasteiger partial charge in [-0.25, -0.2) is 4.79 Å². The quantitative estimate of drug-likeness (QED) is 0.118. The molecule has 0 saturated carbocycles. The van der Waals surface area contributed by atoms with E-state index in [1.807, 2.05) is 32.1 Å². The molecule has 2 aromatic carbocycles. The number of unbranched alkanes of at least 4 members (excludes halogenated alkanes) is 2. The minimum Gasteiger partial charge on any atom is -0.494 e. The zero-order chi connectivity index (χ0) is 36.2. The molecule has 1 aliphatic carbocycles. The van der Waals surface area contributed by atoms with Gasteiger partial charge < -0.3 is 19.9 Å². The summed E-state index contributed by atoms with van der Waals surface area (Å²) >= 11 is 0. The molecule has 7 nitrogen and oxygen atoms in total. The fraction of sp³-hybridized carbons (Fsp3) is 0.500. The van der Waals surface area contributed by atoms with Gasteiger partial charge >= 0.3 is 18.4 Å². The number of aryl methyl sites for hydroxylation is 1. The van der Waals surface area contributed by atoms with Crippen molar-refractivity contribution in [1.29, 1.82) is 0 Å². The maximum absolute atomic E-state index is 13.5. The van der Waals surface area contributed by atoms with Crippen molar-refractivity contribution in [2.24, 2.45) is 0 Å². The van der Waals surface area contributed by atoms with E-state index in [0.29, 0.717) is 61.7 Å². The first-order valence-electron chi connectivity index (χ1n) is 16.3. The van der Waals surface area contributed by atoms with Crippen LogP contribution in [0.15, 0.2) is 66.3 Å². The Labute approximate surface area is 282 Å². The van der Waals surface area contributed by atoms with Gasteiger partial charge in [0, 0.05) is 12.1 Å². The van der Waals surface area contributed by atoms with E-state index in [0.717, 1.165) is 17.7 Å². The summed E-state index contributed by atoms with van der Waals surface area (Å²) in [5.41, 5.74) is -5.56. The van der Waals surface area contributed by atoms with Gasteiger partial charge in [-0.3, -0.25) is 9.69 Å². The lowest BCUT2D eigenvalue weighted by atomic mass is 9.87. The van der Waals surface area contributed by atoms with E-state index in [9.17, 15) is 41.0 Å². The number of nitrogens with zero attached hydrogens (tertiary/aromatic N) is 1. The van der Waals surface area contributed by atoms with Gasteiger partial charge in [0.15, 0.2) is 0 Å². The average Bonchev–Trinajstić information content (AvgIpc) is 3.25. The number of carbonyl (C=O) groups is 2. The van der Waals surface area contributed by atoms with Crippen LogP contribution in [-0.2, 0) is 21.6 Å². The van der Waals surface area contributed by atoms with Crippen molar-refractivity contribution in [3.05, 3.63) is 77.4 Å². The average molecular weight is 697 g/mol. The second-order valence-corrected chi connectivity index (χ2v) is 12.8. The van der Waals surface area contributed by atoms with Crippen molar-refractivity contribution < 1.29 is 50.5 Å². The molecular weight excluding hydrogens is 654 g/mol. The summed E-state index contributed by atoms with van der Waals surface area (Å²) in [6.07, 6.45) is -3.31. The number of alkyl halides is 6. The van der Waals surface area contributed by atoms with Crippen LogP contribution >= 0.6 is 0 Å². The van der Waals surface area contributed by atoms with Crippen molar-refractivity contribution in [3.63, 3.8) is 0 Å². The molecule has 4 rings (SSSR count). The van der Waals surface area contributed by atoms with Crippen LogP contribution in [0.5, 0.6) is 5.75 Å². The third-order valence-corrected chi connectivity index (χ3v) is 8.66. The van der Waals surface area contributed by atoms with Crippen LogP contribution in [0.25, 0.3) is 11.1 Å². The zero-order valence-electron chi connectivity index (χ0n) is 27.9. The van der Waals surface area contributed by atoms with Crippen molar-refractivity contribution in [3.8, 4) is 16.9 Å². The molecule has 268 valence electrons. The first-order chi connectivity index (χ1) is 22.9. The number of hydrogen-bond acceptors (Lipinski definition) is 5. The van der Waals surface area contributed by atoms with E-state index >= 15 is 0 Å². The molecule has 1 saturated heterocycles. The van der Waals surface area contributed by atoms with Gasteiger partial charge in [0.05, 0.1) is 18.8 Å². The summed E-state index contributed by atoms with van der Waals surface area (Å²) in [5, 5.41) is 12.7. The molecule has 2 N–H and O–H groups in total. The van der Waals surface area contributed by atoms with E-state index < -0.39 is 35.1 Å². The third kappa shape index (κ3) is 8.15. The molecule has 1 aliphatic heterocycles. The van der Waals surface area contributed by atoms with Gasteiger partial charge in [-0.05, 0) is 87.3 Å². The van der Waals surface area contributed by atoms with Crippen LogP contribution in [-0.4, -0.2) is 65.2 Å². The lowest BCUT2D eigenvalue weighted by molar-refractivity contribution is -0.376. The molecule has 0 bridgehead atoms. The second kappa shape index (κ2) is 15.0. The van der Waals surface area contributed by atoms with E-state index in [4.69, 9.17) is 9.47 Å². The number of nitrogens with one attached hydrogen (secondary N) is 1. The van der Waals surface area contributed by atoms with E-state index in [2.05, 4.69) is 5.32 Å². The van der Waals surface area contributed by atoms with Crippen LogP contribution in [0.2, 0.25) is 0 Å². The lowest BCUT2D eigenvalue weighted by Gasteiger charge is -2.33. The number of carbonyl (C=O) groups excluding carboxylic acids is 2. The third-order valence-electron chi connectivity index (χ3n) is 8.66. The van der Waals surface area contributed by atoms with Gasteiger partial charge in [0.2, 0.25) is 0 Å². The molecule has 0 radical (unpaired) electrons. The first-order valence-corrected chi connectivity index (χ1v) is 16.3. The highest BCUT2D eigenvalue weighted by Gasteiger charge is 2.71. The maximum Gasteiger partial charge on any atom is 0.430 e. The second-order valence-electron chi connectivity index (χ2n) is 12.8. The number of ether oxygens (including phenoxy) is 2. The number of imide groups is 1. The highest BCUT2D eigenvalue weighted by molar-refractivity contribution is 6.09. The topological polar surface area (TPSA) is 88.1 Å². The minimum absolute atomic E-state index is 0.0652. The fourth-order valence-corrected chi connectivity index (χ4v) is 6.07. The van der Waals surface area contributed by atoms with Crippen LogP contribution < -0.4 is 10.1 Å². The van der Waals surface area contributed by atoms with Gasteiger partial charge in [-0.2, -0.15) is 26.3 Å². The van der Waals surface area contributed by atoms with Gasteiger partial charge in [0.1, 0.15) is 11.3 Å². The van der Waals surface area contributed by atoms with E-state index in [-0.39, 0.29) is 36.6 Å². The van der Waals surface area contributed by atoms with Crippen LogP contribution in [0.1, 0.15) is 70.9 Å². The Bertz CT molecular complexity index is 1550. The van der Waals surface area contributed by atoms with Gasteiger partial charge in [0.25, 0.3) is 11.5 Å². The molecule has 2 atom stereocenters. The predicted molar refractivity (Wildman–Crippen MR) is 172 cm³/mol. The molecule has 1 fully saturated rings. The predicted octanol–water partition coefficient (Wildman–Crippen LogP) is 8.16. The number of benzene rings is 2. The van der Waals surface area contributed by atoms with E-state index in [1.54, 1.807) is 38.1 Å². The molecule has 49 heavy (non-hydrogen) atoms. The highest BCUT2D eigenvalue weighted by Crippen LogP contribution is 2.50. The number of aliphatic hydroxyl groups is 1. The largest absolute Gasteiger partial charge is 0.494 e. The molecule has 3 amide bonds. The summed E-state index contributed by atoms with van der Waals surface area (Å²) in [7, 11) is 0. The Balaban J connectivity index is 1.33. The molecule has 2 aromatic rings. The van der Waals surface area contributed by atoms with Gasteiger partial charge in [-0.15, -0.1) is 0 Å². The van der Waals surface area contributed by atoms with Crippen LogP contribution in [0.4, 0.5) is 31.1 Å². The SMILES string of the molecule is CCCc1cc(C(O)(C(F)(F)F)C(F)(F)F)ccc1-c1cccc(OCCCCCN2C(=O)NC(C)(C3=CCC(OC(C)C)C=C3)C2=O)c1. The normalized spacial score (nSPS) is 20.2. The highest BCUT2D eigenvalue weighted by atomic mass is 19.4. The summed E-state index contributed by atoms with van der Waals surface area (Å²) in [4.78, 5) is 27.2. The summed E-state index contributed by atoms with van der Waals surface area (Å²) < 4.78 is 92.7. The van der Waals surface area contributed by atoms with Crippen molar-refractivity contribution in [2.75, 3.05) is 13.2 Å². The molecular formula is C36H42F6N2O5. The number of amides is 3. The molecule has 0 aromatic heterocycles. The molecule has 0 spiro atoms. The van der Waals surface area contributed by atoms with Gasteiger partial charge in [-0.1, -0.05) is 61.9 Å². The van der Waals surface area contributed by atoms with Crippen molar-refractivity contribution >= 4 is 11.9 Å². The van der Waals surface area contributed by atoms with Crippen molar-refractivity contribution in [1.82, 2.24) is 10.2 Å². The Morgan fingerprint density at radius 2 is 1.73 bits per heavy atom. The smallest absolute Gasteiger partial charge is 0.430 e. The first kappa shape index (κ1) is 38.0. The Kier molecular flexibility index (Phi) is 11.6. The summed E-state index contributed by atoms with van der Waals surface area (Å²) in [6.45, 7) is 7.87. The Morgan fingerprint density at radius 1 is 1.02 bits per heavy atom. The monoisotopic (exact) mass is 696 g/mol. The fourth-order valence-electron chi connectivity index (χ4n) is 6.07. The van der Waals surface area contributed by atoms with E-state index in [1.165, 1.54) is 4.90 Å². The molecule has 13 heteroatoms. The standard InChI is InChI=1S/C36H42F6N2O5/c1-5-10-24-21-27(34(47,35(37,38)39)36(40,41)42)15-18-30(24)25-11-9-12-29(22-25)48-20-8-6-7-19-44-31(45)33(4,43-32(44)46)26-13-16-28(17-14-26)49-23(2)3/h9,11-16,18,21-23,28,47H,5-8,10,17,19-20H2,1-4H3,(H,43,46). The van der Waals surface area contributed by atoms with Crippen LogP contribution in [0, 0.1) is 0 Å². The molecule has 2 unspecified atom stereocenters. The minimum atomic E-state index is -5.97. The lowest BCUT2D eigenvalue weighted by Crippen LogP contribution is -2.53.